The number of nitro benzene ring substituents is 1. The molecule has 1 saturated heterocycles. The van der Waals surface area contributed by atoms with Gasteiger partial charge in [-0.25, -0.2) is 0 Å². The number of anilines is 1. The van der Waals surface area contributed by atoms with Gasteiger partial charge >= 0.3 is 5.97 Å². The van der Waals surface area contributed by atoms with E-state index in [1.165, 1.54) is 24.0 Å². The normalized spacial score (nSPS) is 26.9. The van der Waals surface area contributed by atoms with E-state index in [0.717, 1.165) is 25.7 Å². The molecule has 1 amide bonds. The summed E-state index contributed by atoms with van der Waals surface area (Å²) in [6.45, 7) is 1.26. The number of hydrogen-bond donors (Lipinski definition) is 1. The number of esters is 1. The van der Waals surface area contributed by atoms with E-state index in [1.807, 2.05) is 0 Å². The van der Waals surface area contributed by atoms with Crippen molar-refractivity contribution < 1.29 is 19.2 Å². The Hall–Kier alpha value is -1.74. The second-order valence-electron chi connectivity index (χ2n) is 8.29. The van der Waals surface area contributed by atoms with E-state index in [4.69, 9.17) is 4.74 Å². The summed E-state index contributed by atoms with van der Waals surface area (Å²) in [4.78, 5) is 35.7. The van der Waals surface area contributed by atoms with Crippen molar-refractivity contribution in [1.29, 1.82) is 0 Å². The monoisotopic (exact) mass is 450 g/mol. The van der Waals surface area contributed by atoms with Gasteiger partial charge in [-0.3, -0.25) is 19.7 Å². The van der Waals surface area contributed by atoms with Crippen LogP contribution in [0.2, 0.25) is 0 Å². The molecule has 7 nitrogen and oxygen atoms in total. The average molecular weight is 451 g/mol. The summed E-state index contributed by atoms with van der Waals surface area (Å²) in [6.07, 6.45) is 5.23. The van der Waals surface area contributed by atoms with Gasteiger partial charge in [0.1, 0.15) is 5.69 Å². The summed E-state index contributed by atoms with van der Waals surface area (Å²) in [5, 5.41) is 13.7. The van der Waals surface area contributed by atoms with Crippen molar-refractivity contribution in [3.05, 3.63) is 33.9 Å². The molecule has 4 rings (SSSR count). The Morgan fingerprint density at radius 3 is 2.53 bits per heavy atom. The molecule has 30 heavy (non-hydrogen) atoms. The third-order valence-electron chi connectivity index (χ3n) is 6.51. The minimum atomic E-state index is -0.560. The molecule has 1 aliphatic heterocycles. The summed E-state index contributed by atoms with van der Waals surface area (Å²) in [5.74, 6) is 2.41. The van der Waals surface area contributed by atoms with Crippen LogP contribution in [0.4, 0.5) is 11.4 Å². The molecule has 0 aromatic heterocycles. The van der Waals surface area contributed by atoms with E-state index in [1.54, 1.807) is 19.1 Å². The fourth-order valence-electron chi connectivity index (χ4n) is 5.20. The minimum Gasteiger partial charge on any atom is -0.455 e. The van der Waals surface area contributed by atoms with Crippen molar-refractivity contribution in [2.24, 2.45) is 17.8 Å². The lowest BCUT2D eigenvalue weighted by molar-refractivity contribution is -0.384. The first-order valence-corrected chi connectivity index (χ1v) is 12.4. The highest BCUT2D eigenvalue weighted by Gasteiger charge is 2.55. The van der Waals surface area contributed by atoms with Crippen LogP contribution < -0.4 is 5.32 Å². The standard InChI is InChI=1S/C21H26N2O5S2/c1-13-4-2-7-17(23(26)27)19(13)22-18(24)12-28-20(25)14-10-15-5-3-6-16(11-14)21(15)29-8-9-30-21/h2,4,7,14-16H,3,5-6,8-12H2,1H3,(H,22,24)/t14?,15-,16+. The lowest BCUT2D eigenvalue weighted by atomic mass is 9.67. The molecule has 1 spiro atoms. The number of nitro groups is 1. The molecule has 1 heterocycles. The number of amides is 1. The topological polar surface area (TPSA) is 98.5 Å². The summed E-state index contributed by atoms with van der Waals surface area (Å²) in [6, 6.07) is 4.59. The molecule has 9 heteroatoms. The number of ether oxygens (including phenoxy) is 1. The molecule has 3 fully saturated rings. The van der Waals surface area contributed by atoms with Crippen LogP contribution in [0.25, 0.3) is 0 Å². The summed E-state index contributed by atoms with van der Waals surface area (Å²) in [7, 11) is 0. The second-order valence-corrected chi connectivity index (χ2v) is 11.3. The number of carbonyl (C=O) groups is 2. The van der Waals surface area contributed by atoms with Crippen LogP contribution in [0.15, 0.2) is 18.2 Å². The van der Waals surface area contributed by atoms with Crippen molar-refractivity contribution in [3.63, 3.8) is 0 Å². The molecule has 2 saturated carbocycles. The number of nitrogens with zero attached hydrogens (tertiary/aromatic N) is 1. The van der Waals surface area contributed by atoms with Crippen LogP contribution in [-0.4, -0.2) is 39.0 Å². The number of benzene rings is 1. The zero-order chi connectivity index (χ0) is 21.3. The highest BCUT2D eigenvalue weighted by Crippen LogP contribution is 2.64. The minimum absolute atomic E-state index is 0.146. The smallest absolute Gasteiger partial charge is 0.309 e. The van der Waals surface area contributed by atoms with Crippen LogP contribution in [0.1, 0.15) is 37.7 Å². The first-order chi connectivity index (χ1) is 14.4. The zero-order valence-electron chi connectivity index (χ0n) is 16.9. The average Bonchev–Trinajstić information content (AvgIpc) is 3.17. The first-order valence-electron chi connectivity index (χ1n) is 10.4. The van der Waals surface area contributed by atoms with Gasteiger partial charge in [-0.05, 0) is 50.0 Å². The first kappa shape index (κ1) is 21.5. The van der Waals surface area contributed by atoms with Gasteiger partial charge < -0.3 is 10.1 Å². The molecular weight excluding hydrogens is 424 g/mol. The van der Waals surface area contributed by atoms with Gasteiger partial charge in [-0.2, -0.15) is 0 Å². The predicted octanol–water partition coefficient (Wildman–Crippen LogP) is 4.39. The Morgan fingerprint density at radius 1 is 1.23 bits per heavy atom. The van der Waals surface area contributed by atoms with Gasteiger partial charge in [0, 0.05) is 17.6 Å². The largest absolute Gasteiger partial charge is 0.455 e. The zero-order valence-corrected chi connectivity index (χ0v) is 18.6. The number of rotatable bonds is 5. The van der Waals surface area contributed by atoms with E-state index in [9.17, 15) is 19.7 Å². The van der Waals surface area contributed by atoms with Crippen molar-refractivity contribution in [2.45, 2.75) is 43.1 Å². The molecule has 2 aliphatic carbocycles. The molecular formula is C21H26N2O5S2. The Balaban J connectivity index is 1.35. The summed E-state index contributed by atoms with van der Waals surface area (Å²) < 4.78 is 5.63. The highest BCUT2D eigenvalue weighted by atomic mass is 32.2. The molecule has 1 aromatic rings. The van der Waals surface area contributed by atoms with Gasteiger partial charge in [-0.15, -0.1) is 23.5 Å². The lowest BCUT2D eigenvalue weighted by Gasteiger charge is -2.51. The van der Waals surface area contributed by atoms with Crippen LogP contribution in [-0.2, 0) is 14.3 Å². The quantitative estimate of drug-likeness (QED) is 0.403. The van der Waals surface area contributed by atoms with Crippen LogP contribution in [0, 0.1) is 34.8 Å². The summed E-state index contributed by atoms with van der Waals surface area (Å²) in [5.41, 5.74) is 0.556. The van der Waals surface area contributed by atoms with Crippen molar-refractivity contribution >= 4 is 46.8 Å². The number of para-hydroxylation sites is 1. The Kier molecular flexibility index (Phi) is 6.29. The van der Waals surface area contributed by atoms with Crippen LogP contribution in [0.5, 0.6) is 0 Å². The van der Waals surface area contributed by atoms with E-state index in [2.05, 4.69) is 28.8 Å². The maximum Gasteiger partial charge on any atom is 0.309 e. The Morgan fingerprint density at radius 2 is 1.90 bits per heavy atom. The molecule has 2 bridgehead atoms. The van der Waals surface area contributed by atoms with Crippen LogP contribution in [0.3, 0.4) is 0 Å². The highest BCUT2D eigenvalue weighted by molar-refractivity contribution is 8.21. The lowest BCUT2D eigenvalue weighted by Crippen LogP contribution is -2.48. The van der Waals surface area contributed by atoms with Gasteiger partial charge in [0.2, 0.25) is 0 Å². The number of aryl methyl sites for hydroxylation is 1. The Labute approximate surface area is 184 Å². The molecule has 1 unspecified atom stereocenters. The van der Waals surface area contributed by atoms with Gasteiger partial charge in [0.05, 0.1) is 14.9 Å². The summed E-state index contributed by atoms with van der Waals surface area (Å²) >= 11 is 4.18. The fraction of sp³-hybridized carbons (Fsp3) is 0.619. The Bertz CT molecular complexity index is 840. The van der Waals surface area contributed by atoms with Crippen molar-refractivity contribution in [3.8, 4) is 0 Å². The molecule has 1 N–H and O–H groups in total. The molecule has 0 radical (unpaired) electrons. The van der Waals surface area contributed by atoms with Gasteiger partial charge in [0.25, 0.3) is 11.6 Å². The third kappa shape index (κ3) is 4.06. The fourth-order valence-corrected chi connectivity index (χ4v) is 9.14. The number of carbonyl (C=O) groups excluding carboxylic acids is 2. The molecule has 1 aromatic carbocycles. The SMILES string of the molecule is Cc1cccc([N+](=O)[O-])c1NC(=O)COC(=O)C1C[C@H]2CCC[C@@H](C1)C21SCCS1. The maximum atomic E-state index is 12.7. The third-order valence-corrected chi connectivity index (χ3v) is 10.5. The van der Waals surface area contributed by atoms with E-state index < -0.39 is 17.4 Å². The van der Waals surface area contributed by atoms with E-state index >= 15 is 0 Å². The van der Waals surface area contributed by atoms with Crippen LogP contribution >= 0.6 is 23.5 Å². The van der Waals surface area contributed by atoms with E-state index in [-0.39, 0.29) is 27.3 Å². The number of nitrogens with one attached hydrogen (secondary N) is 1. The second kappa shape index (κ2) is 8.78. The molecule has 3 atom stereocenters. The van der Waals surface area contributed by atoms with Gasteiger partial charge in [0.15, 0.2) is 6.61 Å². The van der Waals surface area contributed by atoms with Crippen molar-refractivity contribution in [1.82, 2.24) is 0 Å². The van der Waals surface area contributed by atoms with E-state index in [0.29, 0.717) is 17.4 Å². The number of hydrogen-bond acceptors (Lipinski definition) is 7. The van der Waals surface area contributed by atoms with Gasteiger partial charge in [-0.1, -0.05) is 18.6 Å². The molecule has 162 valence electrons. The van der Waals surface area contributed by atoms with Crippen molar-refractivity contribution in [2.75, 3.05) is 23.4 Å². The predicted molar refractivity (Wildman–Crippen MR) is 119 cm³/mol. The maximum absolute atomic E-state index is 12.7. The number of thioether (sulfide) groups is 2. The molecule has 3 aliphatic rings.